The van der Waals surface area contributed by atoms with Crippen LogP contribution in [0.5, 0.6) is 0 Å². The van der Waals surface area contributed by atoms with Gasteiger partial charge in [0.15, 0.2) is 5.79 Å². The number of hydrogen-bond donors (Lipinski definition) is 0. The highest BCUT2D eigenvalue weighted by atomic mass is 17.2. The van der Waals surface area contributed by atoms with E-state index in [-0.39, 0.29) is 5.41 Å². The first-order valence-corrected chi connectivity index (χ1v) is 4.97. The Morgan fingerprint density at radius 3 is 2.21 bits per heavy atom. The van der Waals surface area contributed by atoms with Gasteiger partial charge >= 0.3 is 0 Å². The summed E-state index contributed by atoms with van der Waals surface area (Å²) in [5.41, 5.74) is -0.0640. The van der Waals surface area contributed by atoms with Crippen molar-refractivity contribution in [1.82, 2.24) is 0 Å². The molecule has 1 aliphatic heterocycles. The standard InChI is InChI=1S/C10H20O4/c1-5-10(8-14-11-4)6-12-9(2,3)13-7-10/h5-8H2,1-4H3. The topological polar surface area (TPSA) is 36.9 Å². The predicted octanol–water partition coefficient (Wildman–Crippen LogP) is 1.74. The SMILES string of the molecule is CCC1(COOC)COC(C)(C)OC1. The van der Waals surface area contributed by atoms with Crippen LogP contribution in [0.25, 0.3) is 0 Å². The molecule has 0 aromatic rings. The zero-order valence-corrected chi connectivity index (χ0v) is 9.46. The van der Waals surface area contributed by atoms with Gasteiger partial charge in [0, 0.05) is 5.41 Å². The molecule has 1 aliphatic rings. The van der Waals surface area contributed by atoms with Crippen molar-refractivity contribution in [1.29, 1.82) is 0 Å². The molecule has 0 bridgehead atoms. The van der Waals surface area contributed by atoms with Crippen molar-refractivity contribution in [2.45, 2.75) is 33.0 Å². The van der Waals surface area contributed by atoms with E-state index in [1.54, 1.807) is 0 Å². The molecule has 1 saturated heterocycles. The van der Waals surface area contributed by atoms with Crippen molar-refractivity contribution in [2.75, 3.05) is 26.9 Å². The quantitative estimate of drug-likeness (QED) is 0.516. The smallest absolute Gasteiger partial charge is 0.162 e. The molecule has 0 radical (unpaired) electrons. The van der Waals surface area contributed by atoms with Gasteiger partial charge in [0.25, 0.3) is 0 Å². The van der Waals surface area contributed by atoms with Crippen LogP contribution in [0.4, 0.5) is 0 Å². The van der Waals surface area contributed by atoms with Gasteiger partial charge in [-0.25, -0.2) is 9.78 Å². The molecular weight excluding hydrogens is 184 g/mol. The van der Waals surface area contributed by atoms with Crippen LogP contribution in [-0.4, -0.2) is 32.7 Å². The van der Waals surface area contributed by atoms with Crippen molar-refractivity contribution in [3.05, 3.63) is 0 Å². The van der Waals surface area contributed by atoms with E-state index in [1.165, 1.54) is 7.11 Å². The maximum absolute atomic E-state index is 5.61. The molecule has 84 valence electrons. The lowest BCUT2D eigenvalue weighted by Crippen LogP contribution is -2.48. The van der Waals surface area contributed by atoms with Gasteiger partial charge in [-0.3, -0.25) is 0 Å². The fourth-order valence-electron chi connectivity index (χ4n) is 1.31. The van der Waals surface area contributed by atoms with E-state index >= 15 is 0 Å². The highest BCUT2D eigenvalue weighted by Gasteiger charge is 2.39. The number of rotatable bonds is 4. The first-order valence-electron chi connectivity index (χ1n) is 4.97. The zero-order valence-electron chi connectivity index (χ0n) is 9.46. The second kappa shape index (κ2) is 4.57. The summed E-state index contributed by atoms with van der Waals surface area (Å²) in [6.07, 6.45) is 0.951. The summed E-state index contributed by atoms with van der Waals surface area (Å²) >= 11 is 0. The lowest BCUT2D eigenvalue weighted by molar-refractivity contribution is -0.335. The van der Waals surface area contributed by atoms with E-state index in [1.807, 2.05) is 13.8 Å². The van der Waals surface area contributed by atoms with E-state index in [9.17, 15) is 0 Å². The van der Waals surface area contributed by atoms with E-state index in [4.69, 9.17) is 14.4 Å². The van der Waals surface area contributed by atoms with Gasteiger partial charge < -0.3 is 9.47 Å². The Labute approximate surface area is 85.4 Å². The average molecular weight is 204 g/mol. The molecule has 4 heteroatoms. The molecule has 0 amide bonds. The lowest BCUT2D eigenvalue weighted by Gasteiger charge is -2.42. The highest BCUT2D eigenvalue weighted by molar-refractivity contribution is 4.81. The van der Waals surface area contributed by atoms with E-state index in [0.717, 1.165) is 6.42 Å². The normalized spacial score (nSPS) is 24.9. The van der Waals surface area contributed by atoms with Crippen molar-refractivity contribution in [3.8, 4) is 0 Å². The van der Waals surface area contributed by atoms with Gasteiger partial charge in [-0.2, -0.15) is 0 Å². The van der Waals surface area contributed by atoms with Crippen molar-refractivity contribution >= 4 is 0 Å². The van der Waals surface area contributed by atoms with Gasteiger partial charge in [0.05, 0.1) is 26.9 Å². The molecule has 0 N–H and O–H groups in total. The third kappa shape index (κ3) is 2.92. The lowest BCUT2D eigenvalue weighted by atomic mass is 9.87. The van der Waals surface area contributed by atoms with Crippen LogP contribution in [0.1, 0.15) is 27.2 Å². The fraction of sp³-hybridized carbons (Fsp3) is 1.00. The number of hydrogen-bond acceptors (Lipinski definition) is 4. The Balaban J connectivity index is 2.48. The average Bonchev–Trinajstić information content (AvgIpc) is 2.18. The minimum atomic E-state index is -0.467. The molecule has 0 unspecified atom stereocenters. The molecule has 14 heavy (non-hydrogen) atoms. The largest absolute Gasteiger partial charge is 0.350 e. The molecular formula is C10H20O4. The van der Waals surface area contributed by atoms with E-state index in [0.29, 0.717) is 19.8 Å². The molecule has 1 rings (SSSR count). The van der Waals surface area contributed by atoms with Crippen molar-refractivity contribution in [2.24, 2.45) is 5.41 Å². The van der Waals surface area contributed by atoms with Crippen LogP contribution in [0, 0.1) is 5.41 Å². The van der Waals surface area contributed by atoms with E-state index in [2.05, 4.69) is 11.8 Å². The van der Waals surface area contributed by atoms with Crippen LogP contribution in [0.2, 0.25) is 0 Å². The molecule has 0 aliphatic carbocycles. The summed E-state index contributed by atoms with van der Waals surface area (Å²) in [6, 6.07) is 0. The molecule has 4 nitrogen and oxygen atoms in total. The van der Waals surface area contributed by atoms with Gasteiger partial charge in [-0.05, 0) is 20.3 Å². The Morgan fingerprint density at radius 1 is 1.21 bits per heavy atom. The Morgan fingerprint density at radius 2 is 1.79 bits per heavy atom. The predicted molar refractivity (Wildman–Crippen MR) is 51.7 cm³/mol. The van der Waals surface area contributed by atoms with Crippen LogP contribution >= 0.6 is 0 Å². The summed E-state index contributed by atoms with van der Waals surface area (Å²) < 4.78 is 11.2. The maximum Gasteiger partial charge on any atom is 0.162 e. The Hall–Kier alpha value is -0.160. The molecule has 0 aromatic heterocycles. The van der Waals surface area contributed by atoms with Gasteiger partial charge in [0.1, 0.15) is 0 Å². The maximum atomic E-state index is 5.61. The molecule has 0 spiro atoms. The second-order valence-electron chi connectivity index (χ2n) is 4.26. The highest BCUT2D eigenvalue weighted by Crippen LogP contribution is 2.32. The van der Waals surface area contributed by atoms with E-state index < -0.39 is 5.79 Å². The third-order valence-electron chi connectivity index (χ3n) is 2.68. The Kier molecular flexibility index (Phi) is 3.89. The van der Waals surface area contributed by atoms with Crippen molar-refractivity contribution in [3.63, 3.8) is 0 Å². The Bertz CT molecular complexity index is 169. The summed E-state index contributed by atoms with van der Waals surface area (Å²) in [5, 5.41) is 0. The van der Waals surface area contributed by atoms with Gasteiger partial charge in [-0.15, -0.1) is 0 Å². The minimum absolute atomic E-state index is 0.0640. The molecule has 0 saturated carbocycles. The fourth-order valence-corrected chi connectivity index (χ4v) is 1.31. The third-order valence-corrected chi connectivity index (χ3v) is 2.68. The molecule has 1 heterocycles. The van der Waals surface area contributed by atoms with Crippen LogP contribution in [-0.2, 0) is 19.2 Å². The first-order chi connectivity index (χ1) is 6.54. The van der Waals surface area contributed by atoms with Gasteiger partial charge in [-0.1, -0.05) is 6.92 Å². The van der Waals surface area contributed by atoms with Gasteiger partial charge in [0.2, 0.25) is 0 Å². The second-order valence-corrected chi connectivity index (χ2v) is 4.26. The summed E-state index contributed by atoms with van der Waals surface area (Å²) in [5.74, 6) is -0.467. The summed E-state index contributed by atoms with van der Waals surface area (Å²) in [4.78, 5) is 9.59. The zero-order chi connectivity index (χ0) is 10.7. The van der Waals surface area contributed by atoms with Crippen LogP contribution < -0.4 is 0 Å². The monoisotopic (exact) mass is 204 g/mol. The first kappa shape index (κ1) is 11.9. The van der Waals surface area contributed by atoms with Crippen LogP contribution in [0.3, 0.4) is 0 Å². The van der Waals surface area contributed by atoms with Crippen molar-refractivity contribution < 1.29 is 19.2 Å². The summed E-state index contributed by atoms with van der Waals surface area (Å²) in [6.45, 7) is 7.76. The number of ether oxygens (including phenoxy) is 2. The summed E-state index contributed by atoms with van der Waals surface area (Å²) in [7, 11) is 1.51. The molecule has 0 atom stereocenters. The van der Waals surface area contributed by atoms with Crippen LogP contribution in [0.15, 0.2) is 0 Å². The molecule has 0 aromatic carbocycles. The minimum Gasteiger partial charge on any atom is -0.350 e. The molecule has 1 fully saturated rings.